The summed E-state index contributed by atoms with van der Waals surface area (Å²) >= 11 is 0. The molecule has 0 bridgehead atoms. The molecule has 3 aliphatic carbocycles. The summed E-state index contributed by atoms with van der Waals surface area (Å²) in [5.41, 5.74) is 5.07. The van der Waals surface area contributed by atoms with Crippen molar-refractivity contribution in [3.8, 4) is 5.75 Å². The summed E-state index contributed by atoms with van der Waals surface area (Å²) < 4.78 is 33.4. The van der Waals surface area contributed by atoms with Crippen LogP contribution in [0.1, 0.15) is 109 Å². The van der Waals surface area contributed by atoms with Crippen molar-refractivity contribution in [3.63, 3.8) is 0 Å². The predicted octanol–water partition coefficient (Wildman–Crippen LogP) is 8.20. The van der Waals surface area contributed by atoms with Crippen LogP contribution < -0.4 is 4.74 Å². The maximum atomic E-state index is 13.0. The molecule has 0 amide bonds. The average molecular weight is 534 g/mol. The molecule has 0 N–H and O–H groups in total. The van der Waals surface area contributed by atoms with Gasteiger partial charge in [-0.25, -0.2) is 12.7 Å². The quantitative estimate of drug-likeness (QED) is 0.316. The van der Waals surface area contributed by atoms with Gasteiger partial charge in [-0.2, -0.15) is 0 Å². The van der Waals surface area contributed by atoms with Gasteiger partial charge in [0.1, 0.15) is 5.75 Å². The molecule has 3 fully saturated rings. The number of ether oxygens (including phenoxy) is 1. The summed E-state index contributed by atoms with van der Waals surface area (Å²) in [6.45, 7) is 4.08. The normalized spacial score (nSPS) is 24.2. The van der Waals surface area contributed by atoms with Crippen LogP contribution in [0.25, 0.3) is 6.08 Å². The first-order valence-corrected chi connectivity index (χ1v) is 17.5. The van der Waals surface area contributed by atoms with E-state index in [1.807, 2.05) is 26.0 Å². The Bertz CT molecular complexity index is 973. The Morgan fingerprint density at radius 2 is 1.47 bits per heavy atom. The van der Waals surface area contributed by atoms with E-state index in [0.29, 0.717) is 10.6 Å². The zero-order chi connectivity index (χ0) is 25.7. The van der Waals surface area contributed by atoms with E-state index < -0.39 is 10.0 Å². The van der Waals surface area contributed by atoms with Crippen molar-refractivity contribution in [3.05, 3.63) is 29.3 Å². The van der Waals surface area contributed by atoms with Crippen LogP contribution in [0.4, 0.5) is 0 Å². The molecule has 36 heavy (non-hydrogen) atoms. The first-order chi connectivity index (χ1) is 17.3. The molecule has 0 aliphatic heterocycles. The molecule has 1 atom stereocenters. The van der Waals surface area contributed by atoms with Gasteiger partial charge in [0.05, 0.1) is 11.0 Å². The highest BCUT2D eigenvalue weighted by molar-refractivity contribution is 7.89. The monoisotopic (exact) mass is 533 g/mol. The maximum Gasteiger partial charge on any atom is 0.242 e. The van der Waals surface area contributed by atoms with Crippen molar-refractivity contribution in [1.29, 1.82) is 0 Å². The van der Waals surface area contributed by atoms with Crippen LogP contribution in [-0.4, -0.2) is 49.9 Å². The highest BCUT2D eigenvalue weighted by atomic mass is 32.2. The van der Waals surface area contributed by atoms with Crippen molar-refractivity contribution in [1.82, 2.24) is 4.31 Å². The lowest BCUT2D eigenvalue weighted by atomic mass is 9.92. The largest absolute Gasteiger partial charge is 0.490 e. The maximum absolute atomic E-state index is 13.0. The van der Waals surface area contributed by atoms with Crippen LogP contribution in [0.2, 0.25) is 0 Å². The average Bonchev–Trinajstić information content (AvgIpc) is 2.87. The van der Waals surface area contributed by atoms with Crippen LogP contribution in [-0.2, 0) is 10.0 Å². The molecule has 4 nitrogen and oxygen atoms in total. The lowest BCUT2D eigenvalue weighted by Gasteiger charge is -2.45. The number of nitrogens with zero attached hydrogens (tertiary/aromatic N) is 1. The molecule has 1 aromatic carbocycles. The molecule has 1 unspecified atom stereocenters. The molecule has 202 valence electrons. The van der Waals surface area contributed by atoms with Gasteiger partial charge in [-0.1, -0.05) is 64.5 Å². The second-order valence-corrected chi connectivity index (χ2v) is 16.8. The number of rotatable bonds is 8. The number of hydrogen-bond donors (Lipinski definition) is 0. The molecule has 3 saturated carbocycles. The van der Waals surface area contributed by atoms with E-state index in [1.54, 1.807) is 25.7 Å². The smallest absolute Gasteiger partial charge is 0.242 e. The third-order valence-electron chi connectivity index (χ3n) is 8.44. The number of benzene rings is 1. The van der Waals surface area contributed by atoms with Crippen molar-refractivity contribution < 1.29 is 13.2 Å². The summed E-state index contributed by atoms with van der Waals surface area (Å²) in [7, 11) is -0.346. The van der Waals surface area contributed by atoms with Crippen LogP contribution in [0.3, 0.4) is 0 Å². The molecule has 0 spiro atoms. The van der Waals surface area contributed by atoms with Gasteiger partial charge in [-0.05, 0) is 88.3 Å². The minimum absolute atomic E-state index is 0.0437. The third-order valence-corrected chi connectivity index (χ3v) is 14.3. The molecular formula is C30H48NO3PS. The molecule has 0 radical (unpaired) electrons. The zero-order valence-electron chi connectivity index (χ0n) is 23.0. The second-order valence-electron chi connectivity index (χ2n) is 11.7. The molecule has 0 heterocycles. The Morgan fingerprint density at radius 1 is 0.889 bits per heavy atom. The Balaban J connectivity index is 1.74. The van der Waals surface area contributed by atoms with Gasteiger partial charge in [0.2, 0.25) is 10.0 Å². The van der Waals surface area contributed by atoms with Crippen molar-refractivity contribution in [2.75, 3.05) is 14.1 Å². The first-order valence-electron chi connectivity index (χ1n) is 14.5. The van der Waals surface area contributed by atoms with Crippen molar-refractivity contribution in [2.45, 2.75) is 132 Å². The second kappa shape index (κ2) is 12.8. The van der Waals surface area contributed by atoms with Crippen LogP contribution in [0, 0.1) is 0 Å². The summed E-state index contributed by atoms with van der Waals surface area (Å²) in [6, 6.07) is 5.42. The van der Waals surface area contributed by atoms with E-state index in [2.05, 4.69) is 6.08 Å². The number of hydrogen-bond acceptors (Lipinski definition) is 3. The van der Waals surface area contributed by atoms with Crippen LogP contribution in [0.15, 0.2) is 28.7 Å². The van der Waals surface area contributed by atoms with Gasteiger partial charge in [0.15, 0.2) is 0 Å². The van der Waals surface area contributed by atoms with Gasteiger partial charge in [0.25, 0.3) is 0 Å². The Kier molecular flexibility index (Phi) is 9.97. The molecule has 1 aromatic rings. The summed E-state index contributed by atoms with van der Waals surface area (Å²) in [5.74, 6) is 0.805. The van der Waals surface area contributed by atoms with E-state index in [1.165, 1.54) is 87.8 Å². The fourth-order valence-electron chi connectivity index (χ4n) is 6.66. The molecule has 0 aromatic heterocycles. The predicted molar refractivity (Wildman–Crippen MR) is 154 cm³/mol. The fourth-order valence-corrected chi connectivity index (χ4v) is 12.2. The van der Waals surface area contributed by atoms with Crippen molar-refractivity contribution >= 4 is 24.0 Å². The van der Waals surface area contributed by atoms with E-state index in [4.69, 9.17) is 4.74 Å². The highest BCUT2D eigenvalue weighted by Gasteiger charge is 2.38. The van der Waals surface area contributed by atoms with Gasteiger partial charge < -0.3 is 4.74 Å². The molecule has 3 aliphatic rings. The lowest BCUT2D eigenvalue weighted by Crippen LogP contribution is -2.29. The zero-order valence-corrected chi connectivity index (χ0v) is 24.8. The fraction of sp³-hybridized carbons (Fsp3) is 0.733. The summed E-state index contributed by atoms with van der Waals surface area (Å²) in [4.78, 5) is 0.352. The Labute approximate surface area is 222 Å². The summed E-state index contributed by atoms with van der Waals surface area (Å²) in [5, 5.41) is 0. The third kappa shape index (κ3) is 6.75. The molecular weight excluding hydrogens is 485 g/mol. The van der Waals surface area contributed by atoms with Gasteiger partial charge in [-0.3, -0.25) is 0 Å². The standard InChI is InChI=1S/C30H48NO3PS/c1-23(2)34-29-20-19-28(36(32,33)31(3)4)22-25(29)21-24-13-11-12-18-30(24)35(26-14-7-5-8-15-26)27-16-9-6-10-17-27/h19-23,26-27,30H,5-18H2,1-4H3. The van der Waals surface area contributed by atoms with Crippen molar-refractivity contribution in [2.24, 2.45) is 0 Å². The van der Waals surface area contributed by atoms with Crippen LogP contribution in [0.5, 0.6) is 5.75 Å². The lowest BCUT2D eigenvalue weighted by molar-refractivity contribution is 0.241. The number of allylic oxidation sites excluding steroid dienone is 1. The molecule has 4 rings (SSSR count). The van der Waals surface area contributed by atoms with Gasteiger partial charge in [-0.15, -0.1) is 0 Å². The van der Waals surface area contributed by atoms with E-state index in [0.717, 1.165) is 29.1 Å². The minimum atomic E-state index is -3.50. The number of sulfonamides is 1. The van der Waals surface area contributed by atoms with E-state index in [-0.39, 0.29) is 14.0 Å². The highest BCUT2D eigenvalue weighted by Crippen LogP contribution is 2.63. The van der Waals surface area contributed by atoms with Crippen LogP contribution >= 0.6 is 7.92 Å². The van der Waals surface area contributed by atoms with E-state index >= 15 is 0 Å². The Morgan fingerprint density at radius 3 is 2.03 bits per heavy atom. The molecule has 0 saturated heterocycles. The topological polar surface area (TPSA) is 46.6 Å². The van der Waals surface area contributed by atoms with Gasteiger partial charge >= 0.3 is 0 Å². The summed E-state index contributed by atoms with van der Waals surface area (Å²) in [6.07, 6.45) is 21.7. The van der Waals surface area contributed by atoms with E-state index in [9.17, 15) is 8.42 Å². The first kappa shape index (κ1) is 28.1. The SMILES string of the molecule is CC(C)Oc1ccc(S(=O)(=O)N(C)C)cc1C=C1CCCCC1P(C1CCCCC1)C1CCCCC1. The Hall–Kier alpha value is -0.900. The molecule has 6 heteroatoms. The van der Waals surface area contributed by atoms with Gasteiger partial charge in [0, 0.05) is 25.3 Å². The minimum Gasteiger partial charge on any atom is -0.490 e.